The third-order valence-corrected chi connectivity index (χ3v) is 4.19. The molecule has 0 radical (unpaired) electrons. The van der Waals surface area contributed by atoms with Crippen LogP contribution in [0.1, 0.15) is 25.3 Å². The Bertz CT molecular complexity index is 482. The smallest absolute Gasteiger partial charge is 0.318 e. The van der Waals surface area contributed by atoms with Crippen molar-refractivity contribution in [3.05, 3.63) is 35.9 Å². The maximum atomic E-state index is 11.8. The van der Waals surface area contributed by atoms with Gasteiger partial charge in [0.15, 0.2) is 0 Å². The van der Waals surface area contributed by atoms with Crippen molar-refractivity contribution in [1.82, 2.24) is 10.2 Å². The van der Waals surface area contributed by atoms with E-state index in [-0.39, 0.29) is 11.9 Å². The number of amides is 3. The molecule has 0 spiro atoms. The van der Waals surface area contributed by atoms with Gasteiger partial charge in [0.1, 0.15) is 0 Å². The minimum Gasteiger partial charge on any atom is -0.351 e. The van der Waals surface area contributed by atoms with Gasteiger partial charge in [-0.05, 0) is 50.8 Å². The lowest BCUT2D eigenvalue weighted by atomic mass is 9.89. The van der Waals surface area contributed by atoms with Gasteiger partial charge in [-0.2, -0.15) is 0 Å². The molecule has 1 atom stereocenters. The zero-order valence-corrected chi connectivity index (χ0v) is 12.4. The first-order valence-corrected chi connectivity index (χ1v) is 7.44. The van der Waals surface area contributed by atoms with Gasteiger partial charge in [-0.15, -0.1) is 0 Å². The number of carbonyl (C=O) groups is 2. The number of likely N-dealkylation sites (tertiary alicyclic amines) is 1. The number of nitrogens with one attached hydrogen (secondary N) is 1. The Hall–Kier alpha value is -1.88. The molecule has 0 aromatic heterocycles. The summed E-state index contributed by atoms with van der Waals surface area (Å²) in [5.74, 6) is 0.346. The third-order valence-electron chi connectivity index (χ3n) is 4.19. The highest BCUT2D eigenvalue weighted by Crippen LogP contribution is 2.22. The second-order valence-corrected chi connectivity index (χ2v) is 5.70. The molecule has 0 unspecified atom stereocenters. The second-order valence-electron chi connectivity index (χ2n) is 5.70. The van der Waals surface area contributed by atoms with E-state index in [0.29, 0.717) is 5.92 Å². The van der Waals surface area contributed by atoms with E-state index in [1.807, 2.05) is 13.0 Å². The highest BCUT2D eigenvalue weighted by molar-refractivity contribution is 5.96. The van der Waals surface area contributed by atoms with E-state index in [1.54, 1.807) is 0 Å². The van der Waals surface area contributed by atoms with Crippen LogP contribution in [0.2, 0.25) is 0 Å². The SMILES string of the molecule is C[C@@H](C(=O)NC(N)=O)N1CCC(Cc2ccccc2)CC1. The lowest BCUT2D eigenvalue weighted by Gasteiger charge is -2.35. The van der Waals surface area contributed by atoms with Crippen molar-refractivity contribution in [1.29, 1.82) is 0 Å². The van der Waals surface area contributed by atoms with Crippen molar-refractivity contribution in [3.8, 4) is 0 Å². The molecule has 1 aliphatic heterocycles. The van der Waals surface area contributed by atoms with Gasteiger partial charge in [0, 0.05) is 0 Å². The Morgan fingerprint density at radius 3 is 2.48 bits per heavy atom. The zero-order valence-electron chi connectivity index (χ0n) is 12.4. The van der Waals surface area contributed by atoms with E-state index in [1.165, 1.54) is 5.56 Å². The minimum atomic E-state index is -0.786. The molecule has 5 nitrogen and oxygen atoms in total. The van der Waals surface area contributed by atoms with Gasteiger partial charge in [0.2, 0.25) is 5.91 Å². The average Bonchev–Trinajstić information content (AvgIpc) is 2.47. The third kappa shape index (κ3) is 4.56. The van der Waals surface area contributed by atoms with Crippen molar-refractivity contribution in [3.63, 3.8) is 0 Å². The van der Waals surface area contributed by atoms with Gasteiger partial charge < -0.3 is 5.73 Å². The molecule has 2 rings (SSSR count). The summed E-state index contributed by atoms with van der Waals surface area (Å²) in [5, 5.41) is 2.15. The van der Waals surface area contributed by atoms with Crippen LogP contribution in [0.4, 0.5) is 4.79 Å². The van der Waals surface area contributed by atoms with Crippen molar-refractivity contribution < 1.29 is 9.59 Å². The molecule has 0 bridgehead atoms. The van der Waals surface area contributed by atoms with Crippen LogP contribution in [0.5, 0.6) is 0 Å². The Kier molecular flexibility index (Phi) is 5.33. The maximum absolute atomic E-state index is 11.8. The lowest BCUT2D eigenvalue weighted by Crippen LogP contribution is -2.50. The van der Waals surface area contributed by atoms with E-state index in [0.717, 1.165) is 32.4 Å². The summed E-state index contributed by atoms with van der Waals surface area (Å²) in [4.78, 5) is 24.6. The molecule has 5 heteroatoms. The number of hydrogen-bond acceptors (Lipinski definition) is 3. The van der Waals surface area contributed by atoms with Gasteiger partial charge >= 0.3 is 6.03 Å². The molecule has 1 fully saturated rings. The van der Waals surface area contributed by atoms with Crippen LogP contribution in [0, 0.1) is 5.92 Å². The predicted octanol–water partition coefficient (Wildman–Crippen LogP) is 1.52. The molecular weight excluding hydrogens is 266 g/mol. The average molecular weight is 289 g/mol. The Labute approximate surface area is 125 Å². The first-order chi connectivity index (χ1) is 10.1. The summed E-state index contributed by atoms with van der Waals surface area (Å²) >= 11 is 0. The van der Waals surface area contributed by atoms with Crippen LogP contribution in [0.15, 0.2) is 30.3 Å². The summed E-state index contributed by atoms with van der Waals surface area (Å²) in [6, 6.07) is 9.40. The molecule has 3 amide bonds. The Balaban J connectivity index is 1.80. The summed E-state index contributed by atoms with van der Waals surface area (Å²) < 4.78 is 0. The minimum absolute atomic E-state index is 0.310. The quantitative estimate of drug-likeness (QED) is 0.882. The summed E-state index contributed by atoms with van der Waals surface area (Å²) in [6.07, 6.45) is 3.24. The first kappa shape index (κ1) is 15.5. The van der Waals surface area contributed by atoms with Crippen molar-refractivity contribution >= 4 is 11.9 Å². The van der Waals surface area contributed by atoms with Crippen LogP contribution < -0.4 is 11.1 Å². The largest absolute Gasteiger partial charge is 0.351 e. The highest BCUT2D eigenvalue weighted by Gasteiger charge is 2.27. The van der Waals surface area contributed by atoms with Crippen molar-refractivity contribution in [2.75, 3.05) is 13.1 Å². The number of piperidine rings is 1. The van der Waals surface area contributed by atoms with Crippen LogP contribution in [-0.4, -0.2) is 36.0 Å². The number of benzene rings is 1. The Morgan fingerprint density at radius 2 is 1.90 bits per heavy atom. The summed E-state index contributed by atoms with van der Waals surface area (Å²) in [7, 11) is 0. The zero-order chi connectivity index (χ0) is 15.2. The summed E-state index contributed by atoms with van der Waals surface area (Å²) in [6.45, 7) is 3.57. The van der Waals surface area contributed by atoms with Crippen LogP contribution >= 0.6 is 0 Å². The lowest BCUT2D eigenvalue weighted by molar-refractivity contribution is -0.125. The van der Waals surface area contributed by atoms with E-state index < -0.39 is 6.03 Å². The van der Waals surface area contributed by atoms with Gasteiger partial charge in [-0.1, -0.05) is 30.3 Å². The topological polar surface area (TPSA) is 75.4 Å². The molecule has 0 saturated carbocycles. The fourth-order valence-electron chi connectivity index (χ4n) is 2.88. The molecule has 21 heavy (non-hydrogen) atoms. The highest BCUT2D eigenvalue weighted by atomic mass is 16.2. The number of urea groups is 1. The van der Waals surface area contributed by atoms with E-state index >= 15 is 0 Å². The van der Waals surface area contributed by atoms with Gasteiger partial charge in [-0.3, -0.25) is 15.0 Å². The maximum Gasteiger partial charge on any atom is 0.318 e. The number of hydrogen-bond donors (Lipinski definition) is 2. The second kappa shape index (κ2) is 7.22. The van der Waals surface area contributed by atoms with Gasteiger partial charge in [-0.25, -0.2) is 4.79 Å². The molecular formula is C16H23N3O2. The molecule has 1 aromatic rings. The van der Waals surface area contributed by atoms with Crippen LogP contribution in [-0.2, 0) is 11.2 Å². The fraction of sp³-hybridized carbons (Fsp3) is 0.500. The number of rotatable bonds is 4. The van der Waals surface area contributed by atoms with Crippen molar-refractivity contribution in [2.24, 2.45) is 11.7 Å². The van der Waals surface area contributed by atoms with Crippen molar-refractivity contribution in [2.45, 2.75) is 32.2 Å². The van der Waals surface area contributed by atoms with Gasteiger partial charge in [0.25, 0.3) is 0 Å². The molecule has 0 aliphatic carbocycles. The first-order valence-electron chi connectivity index (χ1n) is 7.44. The van der Waals surface area contributed by atoms with E-state index in [9.17, 15) is 9.59 Å². The standard InChI is InChI=1S/C16H23N3O2/c1-12(15(20)18-16(17)21)19-9-7-14(8-10-19)11-13-5-3-2-4-6-13/h2-6,12,14H,7-11H2,1H3,(H3,17,18,20,21)/t12-/m0/s1. The summed E-state index contributed by atoms with van der Waals surface area (Å²) in [5.41, 5.74) is 6.35. The van der Waals surface area contributed by atoms with E-state index in [4.69, 9.17) is 5.73 Å². The number of nitrogens with zero attached hydrogens (tertiary/aromatic N) is 1. The van der Waals surface area contributed by atoms with Crippen LogP contribution in [0.25, 0.3) is 0 Å². The number of nitrogens with two attached hydrogens (primary N) is 1. The fourth-order valence-corrected chi connectivity index (χ4v) is 2.88. The normalized spacial score (nSPS) is 18.1. The molecule has 1 heterocycles. The Morgan fingerprint density at radius 1 is 1.29 bits per heavy atom. The molecule has 114 valence electrons. The number of imide groups is 1. The molecule has 1 aliphatic rings. The molecule has 3 N–H and O–H groups in total. The van der Waals surface area contributed by atoms with E-state index in [2.05, 4.69) is 34.5 Å². The predicted molar refractivity (Wildman–Crippen MR) is 81.6 cm³/mol. The number of primary amides is 1. The number of carbonyl (C=O) groups excluding carboxylic acids is 2. The molecule has 1 saturated heterocycles. The monoisotopic (exact) mass is 289 g/mol. The van der Waals surface area contributed by atoms with Gasteiger partial charge in [0.05, 0.1) is 6.04 Å². The molecule has 1 aromatic carbocycles. The van der Waals surface area contributed by atoms with Crippen LogP contribution in [0.3, 0.4) is 0 Å².